The number of ether oxygens (including phenoxy) is 1. The van der Waals surface area contributed by atoms with Gasteiger partial charge in [-0.3, -0.25) is 0 Å². The zero-order valence-electron chi connectivity index (χ0n) is 17.0. The highest BCUT2D eigenvalue weighted by Gasteiger charge is 2.33. The van der Waals surface area contributed by atoms with Crippen LogP contribution in [0.3, 0.4) is 0 Å². The fourth-order valence-corrected chi connectivity index (χ4v) is 6.69. The van der Waals surface area contributed by atoms with Crippen molar-refractivity contribution in [1.82, 2.24) is 9.97 Å². The summed E-state index contributed by atoms with van der Waals surface area (Å²) in [6.07, 6.45) is 3.03. The van der Waals surface area contributed by atoms with Gasteiger partial charge >= 0.3 is 0 Å². The summed E-state index contributed by atoms with van der Waals surface area (Å²) < 4.78 is 6.18. The van der Waals surface area contributed by atoms with Gasteiger partial charge in [0.2, 0.25) is 0 Å². The van der Waals surface area contributed by atoms with Crippen LogP contribution in [0.2, 0.25) is 5.02 Å². The summed E-state index contributed by atoms with van der Waals surface area (Å²) in [6.45, 7) is 7.27. The summed E-state index contributed by atoms with van der Waals surface area (Å²) in [4.78, 5) is 12.3. The molecule has 154 valence electrons. The second-order valence-electron chi connectivity index (χ2n) is 7.49. The van der Waals surface area contributed by atoms with E-state index in [1.807, 2.05) is 18.2 Å². The van der Waals surface area contributed by atoms with Crippen molar-refractivity contribution >= 4 is 56.7 Å². The summed E-state index contributed by atoms with van der Waals surface area (Å²) in [5.74, 6) is 1.83. The van der Waals surface area contributed by atoms with Crippen LogP contribution in [0, 0.1) is 0 Å². The average Bonchev–Trinajstić information content (AvgIpc) is 3.09. The molecule has 1 unspecified atom stereocenters. The molecule has 0 spiro atoms. The van der Waals surface area contributed by atoms with E-state index in [0.717, 1.165) is 56.4 Å². The summed E-state index contributed by atoms with van der Waals surface area (Å²) in [7, 11) is 0. The van der Waals surface area contributed by atoms with Gasteiger partial charge in [-0.05, 0) is 37.0 Å². The molecule has 0 N–H and O–H groups in total. The van der Waals surface area contributed by atoms with Crippen molar-refractivity contribution < 1.29 is 4.74 Å². The third-order valence-electron chi connectivity index (χ3n) is 5.29. The first kappa shape index (κ1) is 21.4. The Morgan fingerprint density at radius 3 is 2.79 bits per heavy atom. The van der Waals surface area contributed by atoms with Gasteiger partial charge in [-0.25, -0.2) is 9.97 Å². The molecule has 0 saturated heterocycles. The van der Waals surface area contributed by atoms with E-state index in [4.69, 9.17) is 26.3 Å². The second-order valence-corrected chi connectivity index (χ2v) is 11.0. The summed E-state index contributed by atoms with van der Waals surface area (Å²) in [6, 6.07) is 8.05. The monoisotopic (exact) mass is 464 g/mol. The van der Waals surface area contributed by atoms with Crippen LogP contribution in [0.4, 0.5) is 0 Å². The van der Waals surface area contributed by atoms with E-state index in [-0.39, 0.29) is 5.60 Å². The number of fused-ring (bicyclic) bond motifs is 3. The van der Waals surface area contributed by atoms with E-state index in [1.54, 1.807) is 34.9 Å². The first-order chi connectivity index (χ1) is 14.0. The first-order valence-corrected chi connectivity index (χ1v) is 13.1. The van der Waals surface area contributed by atoms with Crippen LogP contribution in [-0.4, -0.2) is 21.3 Å². The number of hydrogen-bond acceptors (Lipinski definition) is 6. The van der Waals surface area contributed by atoms with Gasteiger partial charge in [0.15, 0.2) is 5.16 Å². The van der Waals surface area contributed by atoms with E-state index in [0.29, 0.717) is 6.61 Å². The summed E-state index contributed by atoms with van der Waals surface area (Å²) >= 11 is 11.7. The molecule has 0 amide bonds. The molecule has 3 heterocycles. The molecule has 1 aromatic carbocycles. The maximum Gasteiger partial charge on any atom is 0.190 e. The van der Waals surface area contributed by atoms with Crippen molar-refractivity contribution in [1.29, 1.82) is 0 Å². The van der Waals surface area contributed by atoms with Crippen LogP contribution in [0.5, 0.6) is 0 Å². The molecule has 1 atom stereocenters. The Bertz CT molecular complexity index is 1020. The third-order valence-corrected chi connectivity index (χ3v) is 8.83. The second kappa shape index (κ2) is 9.15. The molecule has 3 nitrogen and oxygen atoms in total. The Kier molecular flexibility index (Phi) is 6.76. The minimum atomic E-state index is -0.110. The van der Waals surface area contributed by atoms with Crippen molar-refractivity contribution in [3.05, 3.63) is 45.3 Å². The van der Waals surface area contributed by atoms with Gasteiger partial charge in [-0.1, -0.05) is 55.4 Å². The normalized spacial score (nSPS) is 18.9. The average molecular weight is 465 g/mol. The number of nitrogens with zero attached hydrogens (tertiary/aromatic N) is 2. The predicted molar refractivity (Wildman–Crippen MR) is 127 cm³/mol. The zero-order valence-corrected chi connectivity index (χ0v) is 20.2. The van der Waals surface area contributed by atoms with Gasteiger partial charge in [-0.2, -0.15) is 0 Å². The number of rotatable bonds is 7. The van der Waals surface area contributed by atoms with Crippen LogP contribution < -0.4 is 0 Å². The zero-order chi connectivity index (χ0) is 20.4. The van der Waals surface area contributed by atoms with Gasteiger partial charge in [-0.15, -0.1) is 23.1 Å². The van der Waals surface area contributed by atoms with Crippen LogP contribution in [0.1, 0.15) is 49.6 Å². The highest BCUT2D eigenvalue weighted by Crippen LogP contribution is 2.43. The van der Waals surface area contributed by atoms with Crippen LogP contribution in [0.15, 0.2) is 34.4 Å². The highest BCUT2D eigenvalue weighted by molar-refractivity contribution is 7.99. The molecule has 3 aromatic rings. The Morgan fingerprint density at radius 1 is 1.21 bits per heavy atom. The molecule has 0 bridgehead atoms. The van der Waals surface area contributed by atoms with Crippen molar-refractivity contribution in [3.63, 3.8) is 0 Å². The first-order valence-electron chi connectivity index (χ1n) is 9.98. The topological polar surface area (TPSA) is 35.0 Å². The quantitative estimate of drug-likeness (QED) is 0.207. The third kappa shape index (κ3) is 4.62. The molecule has 29 heavy (non-hydrogen) atoms. The van der Waals surface area contributed by atoms with Gasteiger partial charge in [0.25, 0.3) is 0 Å². The fraction of sp³-hybridized carbons (Fsp3) is 0.455. The van der Waals surface area contributed by atoms with Crippen LogP contribution in [-0.2, 0) is 23.5 Å². The standard InChI is InChI=1S/C22H25ClN2OS3/c1-4-10-27-21-24-19(28-13-14-8-6-7-9-16(14)23)18-15-11-22(3,5-2)26-12-17(15)29-20(18)25-21/h6-9H,4-5,10-13H2,1-3H3. The minimum Gasteiger partial charge on any atom is -0.369 e. The van der Waals surface area contributed by atoms with E-state index in [1.165, 1.54) is 15.8 Å². The van der Waals surface area contributed by atoms with Crippen molar-refractivity contribution in [2.45, 2.75) is 68.2 Å². The van der Waals surface area contributed by atoms with E-state index in [9.17, 15) is 0 Å². The minimum absolute atomic E-state index is 0.110. The lowest BCUT2D eigenvalue weighted by molar-refractivity contribution is -0.0543. The number of thioether (sulfide) groups is 2. The van der Waals surface area contributed by atoms with Crippen LogP contribution in [0.25, 0.3) is 10.2 Å². The molecule has 0 fully saturated rings. The van der Waals surface area contributed by atoms with Gasteiger partial charge in [0, 0.05) is 33.2 Å². The molecular formula is C22H25ClN2OS3. The molecule has 0 radical (unpaired) electrons. The Labute approximate surface area is 190 Å². The molecule has 0 aliphatic carbocycles. The Hall–Kier alpha value is -0.790. The van der Waals surface area contributed by atoms with Gasteiger partial charge in [0.05, 0.1) is 12.2 Å². The summed E-state index contributed by atoms with van der Waals surface area (Å²) in [5, 5.41) is 3.99. The maximum atomic E-state index is 6.39. The molecule has 2 aromatic heterocycles. The fourth-order valence-electron chi connectivity index (χ4n) is 3.37. The molecular weight excluding hydrogens is 440 g/mol. The van der Waals surface area contributed by atoms with Crippen LogP contribution >= 0.6 is 46.5 Å². The Morgan fingerprint density at radius 2 is 2.03 bits per heavy atom. The molecule has 0 saturated carbocycles. The summed E-state index contributed by atoms with van der Waals surface area (Å²) in [5.41, 5.74) is 2.41. The molecule has 1 aliphatic rings. The number of aromatic nitrogens is 2. The molecule has 7 heteroatoms. The smallest absolute Gasteiger partial charge is 0.190 e. The number of hydrogen-bond donors (Lipinski definition) is 0. The van der Waals surface area contributed by atoms with Crippen molar-refractivity contribution in [2.24, 2.45) is 0 Å². The lowest BCUT2D eigenvalue weighted by Gasteiger charge is -2.33. The van der Waals surface area contributed by atoms with E-state index >= 15 is 0 Å². The van der Waals surface area contributed by atoms with Crippen molar-refractivity contribution in [3.8, 4) is 0 Å². The van der Waals surface area contributed by atoms with Crippen molar-refractivity contribution in [2.75, 3.05) is 5.75 Å². The van der Waals surface area contributed by atoms with Gasteiger partial charge < -0.3 is 4.74 Å². The van der Waals surface area contributed by atoms with E-state index < -0.39 is 0 Å². The maximum absolute atomic E-state index is 6.39. The lowest BCUT2D eigenvalue weighted by Crippen LogP contribution is -2.33. The van der Waals surface area contributed by atoms with E-state index in [2.05, 4.69) is 26.8 Å². The number of benzene rings is 1. The van der Waals surface area contributed by atoms with Gasteiger partial charge in [0.1, 0.15) is 9.86 Å². The number of halogens is 1. The number of thiophene rings is 1. The molecule has 4 rings (SSSR count). The largest absolute Gasteiger partial charge is 0.369 e. The predicted octanol–water partition coefficient (Wildman–Crippen LogP) is 7.38. The molecule has 1 aliphatic heterocycles. The lowest BCUT2D eigenvalue weighted by atomic mass is 9.90. The SMILES string of the molecule is CCCSc1nc(SCc2ccccc2Cl)c2c3c(sc2n1)COC(C)(CC)C3. The highest BCUT2D eigenvalue weighted by atomic mass is 35.5. The Balaban J connectivity index is 1.75.